The number of anilines is 2. The zero-order chi connectivity index (χ0) is 24.6. The van der Waals surface area contributed by atoms with Crippen molar-refractivity contribution in [2.45, 2.75) is 12.1 Å². The summed E-state index contributed by atoms with van der Waals surface area (Å²) in [5.41, 5.74) is 2.57. The minimum Gasteiger partial charge on any atom is -0.351 e. The summed E-state index contributed by atoms with van der Waals surface area (Å²) in [6.07, 6.45) is 3.75. The molecule has 176 valence electrons. The number of fused-ring (bicyclic) bond motifs is 6. The van der Waals surface area contributed by atoms with Gasteiger partial charge < -0.3 is 4.90 Å². The maximum Gasteiger partial charge on any atom is 0.272 e. The van der Waals surface area contributed by atoms with E-state index in [4.69, 9.17) is 0 Å². The lowest BCUT2D eigenvalue weighted by Gasteiger charge is -2.36. The van der Waals surface area contributed by atoms with Crippen molar-refractivity contribution < 1.29 is 18.8 Å². The maximum atomic E-state index is 14.7. The second-order valence-corrected chi connectivity index (χ2v) is 9.10. The molecule has 0 radical (unpaired) electrons. The molecule has 4 heterocycles. The van der Waals surface area contributed by atoms with E-state index in [0.717, 1.165) is 16.2 Å². The minimum absolute atomic E-state index is 0.106. The van der Waals surface area contributed by atoms with E-state index in [2.05, 4.69) is 10.3 Å². The lowest BCUT2D eigenvalue weighted by molar-refractivity contribution is -0.123. The molecule has 2 fully saturated rings. The van der Waals surface area contributed by atoms with Gasteiger partial charge in [0.15, 0.2) is 0 Å². The number of rotatable bonds is 2. The molecule has 3 aliphatic rings. The second-order valence-electron chi connectivity index (χ2n) is 9.10. The highest BCUT2D eigenvalue weighted by molar-refractivity contribution is 6.25. The van der Waals surface area contributed by atoms with Crippen molar-refractivity contribution in [2.75, 3.05) is 9.80 Å². The third kappa shape index (κ3) is 2.65. The molecular formula is C27H18FN5O3. The largest absolute Gasteiger partial charge is 0.351 e. The van der Waals surface area contributed by atoms with E-state index in [1.54, 1.807) is 30.3 Å². The highest BCUT2D eigenvalue weighted by Crippen LogP contribution is 2.49. The van der Waals surface area contributed by atoms with Crippen molar-refractivity contribution in [3.8, 4) is 0 Å². The minimum atomic E-state index is -1.04. The van der Waals surface area contributed by atoms with E-state index >= 15 is 0 Å². The van der Waals surface area contributed by atoms with Gasteiger partial charge in [0.2, 0.25) is 11.8 Å². The Morgan fingerprint density at radius 1 is 0.833 bits per heavy atom. The van der Waals surface area contributed by atoms with Crippen LogP contribution >= 0.6 is 0 Å². The van der Waals surface area contributed by atoms with Crippen LogP contribution in [-0.2, 0) is 9.59 Å². The number of benzene rings is 3. The van der Waals surface area contributed by atoms with E-state index in [1.165, 1.54) is 22.9 Å². The third-order valence-corrected chi connectivity index (χ3v) is 7.32. The summed E-state index contributed by atoms with van der Waals surface area (Å²) in [7, 11) is 0. The number of hydrogen-bond donors (Lipinski definition) is 0. The zero-order valence-corrected chi connectivity index (χ0v) is 18.7. The van der Waals surface area contributed by atoms with Gasteiger partial charge in [-0.05, 0) is 35.9 Å². The molecule has 7 rings (SSSR count). The van der Waals surface area contributed by atoms with Crippen molar-refractivity contribution in [1.82, 2.24) is 15.0 Å². The predicted molar refractivity (Wildman–Crippen MR) is 130 cm³/mol. The molecule has 0 N–H and O–H groups in total. The lowest BCUT2D eigenvalue weighted by atomic mass is 9.88. The zero-order valence-electron chi connectivity index (χ0n) is 18.7. The van der Waals surface area contributed by atoms with Gasteiger partial charge in [0, 0.05) is 5.69 Å². The number of carbonyl (C=O) groups excluding carboxylic acids is 3. The van der Waals surface area contributed by atoms with Crippen LogP contribution in [0.4, 0.5) is 15.8 Å². The first-order valence-corrected chi connectivity index (χ1v) is 11.6. The Hall–Kier alpha value is -4.66. The Kier molecular flexibility index (Phi) is 4.26. The van der Waals surface area contributed by atoms with Crippen molar-refractivity contribution in [3.63, 3.8) is 0 Å². The highest BCUT2D eigenvalue weighted by atomic mass is 19.1. The number of nitrogens with zero attached hydrogens (tertiary/aromatic N) is 5. The number of imide groups is 1. The van der Waals surface area contributed by atoms with E-state index in [1.807, 2.05) is 41.3 Å². The number of halogens is 1. The van der Waals surface area contributed by atoms with Crippen LogP contribution in [0.25, 0.3) is 17.1 Å². The van der Waals surface area contributed by atoms with E-state index in [9.17, 15) is 18.8 Å². The Balaban J connectivity index is 1.41. The highest BCUT2D eigenvalue weighted by Gasteiger charge is 2.65. The van der Waals surface area contributed by atoms with Crippen LogP contribution in [0.3, 0.4) is 0 Å². The molecule has 3 aliphatic heterocycles. The average molecular weight is 479 g/mol. The summed E-state index contributed by atoms with van der Waals surface area (Å²) in [5, 5.41) is 8.19. The SMILES string of the molecule is O=C1[C@H]2[C@H](C(=O)N1c1ccccc1F)[C@@H](C(=O)n1nnc3ccccc31)N1c3ccccc3C=C[C@H]21. The Bertz CT molecular complexity index is 1630. The predicted octanol–water partition coefficient (Wildman–Crippen LogP) is 3.30. The van der Waals surface area contributed by atoms with Crippen LogP contribution in [0.1, 0.15) is 10.4 Å². The topological polar surface area (TPSA) is 88.4 Å². The Morgan fingerprint density at radius 2 is 1.53 bits per heavy atom. The Morgan fingerprint density at radius 3 is 2.36 bits per heavy atom. The smallest absolute Gasteiger partial charge is 0.272 e. The summed E-state index contributed by atoms with van der Waals surface area (Å²) < 4.78 is 15.9. The van der Waals surface area contributed by atoms with Crippen LogP contribution in [-0.4, -0.2) is 44.8 Å². The molecule has 0 aliphatic carbocycles. The standard InChI is InChI=1S/C27H18FN5O3/c28-16-8-2-5-11-19(16)32-25(34)22-21-14-13-15-7-1-4-10-18(15)31(21)24(23(22)26(32)35)27(36)33-20-12-6-3-9-17(20)29-30-33/h1-14,21-24H/t21-,22-,23+,24+/m1/s1. The molecule has 4 aromatic rings. The molecule has 2 amide bonds. The monoisotopic (exact) mass is 479 g/mol. The fraction of sp³-hybridized carbons (Fsp3) is 0.148. The quantitative estimate of drug-likeness (QED) is 0.410. The molecule has 0 unspecified atom stereocenters. The van der Waals surface area contributed by atoms with Gasteiger partial charge in [-0.3, -0.25) is 14.4 Å². The average Bonchev–Trinajstić information content (AvgIpc) is 3.55. The van der Waals surface area contributed by atoms with Crippen LogP contribution in [0, 0.1) is 17.7 Å². The summed E-state index contributed by atoms with van der Waals surface area (Å²) in [6, 6.07) is 18.7. The molecule has 9 heteroatoms. The van der Waals surface area contributed by atoms with Crippen LogP contribution in [0.2, 0.25) is 0 Å². The lowest BCUT2D eigenvalue weighted by Crippen LogP contribution is -2.50. The Labute approximate surface area is 204 Å². The number of hydrogen-bond acceptors (Lipinski definition) is 6. The summed E-state index contributed by atoms with van der Waals surface area (Å²) in [4.78, 5) is 44.4. The number of para-hydroxylation sites is 3. The van der Waals surface area contributed by atoms with Gasteiger partial charge in [-0.2, -0.15) is 4.68 Å². The molecule has 1 aromatic heterocycles. The molecular weight excluding hydrogens is 461 g/mol. The van der Waals surface area contributed by atoms with Gasteiger partial charge in [-0.1, -0.05) is 59.8 Å². The molecule has 0 bridgehead atoms. The molecule has 0 saturated carbocycles. The molecule has 2 saturated heterocycles. The number of amides is 2. The maximum absolute atomic E-state index is 14.7. The number of aromatic nitrogens is 3. The normalized spacial score (nSPS) is 24.2. The molecule has 36 heavy (non-hydrogen) atoms. The fourth-order valence-corrected chi connectivity index (χ4v) is 5.82. The van der Waals surface area contributed by atoms with Crippen LogP contribution in [0.5, 0.6) is 0 Å². The molecule has 3 aromatic carbocycles. The molecule has 0 spiro atoms. The van der Waals surface area contributed by atoms with Gasteiger partial charge in [0.25, 0.3) is 5.91 Å². The van der Waals surface area contributed by atoms with Crippen LogP contribution < -0.4 is 9.80 Å². The van der Waals surface area contributed by atoms with Gasteiger partial charge in [0.05, 0.1) is 29.1 Å². The van der Waals surface area contributed by atoms with E-state index in [0.29, 0.717) is 11.0 Å². The van der Waals surface area contributed by atoms with Gasteiger partial charge >= 0.3 is 0 Å². The number of carbonyl (C=O) groups is 3. The fourth-order valence-electron chi connectivity index (χ4n) is 5.82. The van der Waals surface area contributed by atoms with E-state index < -0.39 is 47.5 Å². The second kappa shape index (κ2) is 7.42. The van der Waals surface area contributed by atoms with Gasteiger partial charge in [0.1, 0.15) is 17.4 Å². The summed E-state index contributed by atoms with van der Waals surface area (Å²) in [5.74, 6) is -4.14. The van der Waals surface area contributed by atoms with Crippen molar-refractivity contribution in [3.05, 3.63) is 90.3 Å². The van der Waals surface area contributed by atoms with Gasteiger partial charge in [-0.25, -0.2) is 9.29 Å². The first kappa shape index (κ1) is 20.7. The molecule has 8 nitrogen and oxygen atoms in total. The van der Waals surface area contributed by atoms with Crippen molar-refractivity contribution in [1.29, 1.82) is 0 Å². The summed E-state index contributed by atoms with van der Waals surface area (Å²) in [6.45, 7) is 0. The molecule has 4 atom stereocenters. The van der Waals surface area contributed by atoms with Crippen LogP contribution in [0.15, 0.2) is 78.9 Å². The van der Waals surface area contributed by atoms with Gasteiger partial charge in [-0.15, -0.1) is 5.10 Å². The first-order chi connectivity index (χ1) is 17.6. The third-order valence-electron chi connectivity index (χ3n) is 7.32. The summed E-state index contributed by atoms with van der Waals surface area (Å²) >= 11 is 0. The van der Waals surface area contributed by atoms with Crippen molar-refractivity contribution >= 4 is 46.2 Å². The van der Waals surface area contributed by atoms with Crippen molar-refractivity contribution in [2.24, 2.45) is 11.8 Å². The first-order valence-electron chi connectivity index (χ1n) is 11.6. The van der Waals surface area contributed by atoms with E-state index in [-0.39, 0.29) is 5.69 Å².